The van der Waals surface area contributed by atoms with Gasteiger partial charge in [-0.05, 0) is 0 Å². The smallest absolute Gasteiger partial charge is 1.00 e. The van der Waals surface area contributed by atoms with Crippen molar-refractivity contribution in [1.29, 1.82) is 0 Å². The molecule has 0 aliphatic heterocycles. The molecule has 0 aliphatic carbocycles. The summed E-state index contributed by atoms with van der Waals surface area (Å²) in [5, 5.41) is 43.8. The van der Waals surface area contributed by atoms with E-state index in [4.69, 9.17) is 15.3 Å². The van der Waals surface area contributed by atoms with Gasteiger partial charge in [0.15, 0.2) is 0 Å². The molecule has 2 unspecified atom stereocenters. The molecular weight excluding hydrogens is 398 g/mol. The fourth-order valence-corrected chi connectivity index (χ4v) is 0.691. The van der Waals surface area contributed by atoms with Crippen molar-refractivity contribution in [3.05, 3.63) is 0 Å². The quantitative estimate of drug-likeness (QED) is 0.326. The molecule has 0 radical (unpaired) electrons. The van der Waals surface area contributed by atoms with E-state index in [1.807, 2.05) is 0 Å². The standard InChI is InChI=1S/C4H6O6.C2H6NO.2K.Sb.2H/c5-1(3(7)8)2(6)4(9)10;3-1-2-4;;;;;/h1-2,5-6H,(H,7,8)(H,9,10);3-4H,1-2H2;;;;;/q;-1;3*+1;;/p-2. The van der Waals surface area contributed by atoms with Crippen molar-refractivity contribution in [2.75, 3.05) is 13.2 Å². The molecule has 0 bridgehead atoms. The molecule has 90 valence electrons. The maximum atomic E-state index is 9.63. The summed E-state index contributed by atoms with van der Waals surface area (Å²) in [6.45, 7) is 1.02. The number of nitrogens with one attached hydrogen (secondary N) is 1. The number of aliphatic carboxylic acids is 2. The second kappa shape index (κ2) is 18.9. The van der Waals surface area contributed by atoms with E-state index in [-0.39, 0.29) is 109 Å². The maximum Gasteiger partial charge on any atom is 1.00 e. The van der Waals surface area contributed by atoms with Gasteiger partial charge in [0.25, 0.3) is 0 Å². The molecule has 0 amide bonds. The van der Waals surface area contributed by atoms with Crippen molar-refractivity contribution in [2.45, 2.75) is 12.2 Å². The first kappa shape index (κ1) is 28.1. The van der Waals surface area contributed by atoms with E-state index in [9.17, 15) is 19.8 Å². The van der Waals surface area contributed by atoms with Crippen LogP contribution in [0.1, 0.15) is 0 Å². The van der Waals surface area contributed by atoms with E-state index in [0.29, 0.717) is 0 Å². The third kappa shape index (κ3) is 18.9. The van der Waals surface area contributed by atoms with E-state index >= 15 is 0 Å². The van der Waals surface area contributed by atoms with E-state index < -0.39 is 24.1 Å². The maximum absolute atomic E-state index is 9.63. The second-order valence-electron chi connectivity index (χ2n) is 2.21. The minimum absolute atomic E-state index is 0. The summed E-state index contributed by atoms with van der Waals surface area (Å²) in [4.78, 5) is 19.3. The molecule has 0 heterocycles. The van der Waals surface area contributed by atoms with Gasteiger partial charge in [-0.2, -0.15) is 0 Å². The molecule has 0 fully saturated rings. The van der Waals surface area contributed by atoms with Crippen LogP contribution in [0.15, 0.2) is 0 Å². The van der Waals surface area contributed by atoms with E-state index in [2.05, 4.69) is 3.48 Å². The Kier molecular flexibility index (Phi) is 31.2. The summed E-state index contributed by atoms with van der Waals surface area (Å²) in [6.07, 6.45) is -4.88. The Balaban J connectivity index is -0.000000105. The molecule has 11 heteroatoms. The molecule has 2 atom stereocenters. The first-order valence-corrected chi connectivity index (χ1v) is 5.35. The van der Waals surface area contributed by atoms with E-state index in [0.717, 1.165) is 29.8 Å². The van der Waals surface area contributed by atoms with E-state index in [1.54, 1.807) is 0 Å². The summed E-state index contributed by atoms with van der Waals surface area (Å²) in [5.74, 6) is -4.12. The molecular formula is C6H12K2NO7Sb. The Hall–Kier alpha value is 2.87. The molecule has 17 heavy (non-hydrogen) atoms. The summed E-state index contributed by atoms with van der Waals surface area (Å²) in [5.41, 5.74) is 0. The van der Waals surface area contributed by atoms with Gasteiger partial charge in [-0.15, -0.1) is 0 Å². The predicted molar refractivity (Wildman–Crippen MR) is 45.7 cm³/mol. The monoisotopic (exact) mass is 409 g/mol. The average Bonchev–Trinajstić information content (AvgIpc) is 2.17. The van der Waals surface area contributed by atoms with Gasteiger partial charge in [0.1, 0.15) is 12.2 Å². The van der Waals surface area contributed by atoms with Crippen LogP contribution in [0, 0.1) is 0 Å². The fourth-order valence-electron chi connectivity index (χ4n) is 0.322. The van der Waals surface area contributed by atoms with Crippen LogP contribution in [-0.4, -0.2) is 75.9 Å². The number of carbonyl (C=O) groups is 2. The number of aliphatic hydroxyl groups excluding tert-OH is 3. The predicted octanol–water partition coefficient (Wildman–Crippen LogP) is -12.7. The SMILES string of the molecule is O=C([O-])C(O)C(O)C(=O)[O-].OCC[NH][SbH2].[K+].[K+]. The van der Waals surface area contributed by atoms with Crippen molar-refractivity contribution in [3.8, 4) is 0 Å². The van der Waals surface area contributed by atoms with E-state index in [1.165, 1.54) is 0 Å². The van der Waals surface area contributed by atoms with Crippen LogP contribution in [0.2, 0.25) is 0 Å². The van der Waals surface area contributed by atoms with Gasteiger partial charge < -0.3 is 30.0 Å². The van der Waals surface area contributed by atoms with Gasteiger partial charge in [0.2, 0.25) is 0 Å². The summed E-state index contributed by atoms with van der Waals surface area (Å²) in [6, 6.07) is 0. The third-order valence-electron chi connectivity index (χ3n) is 1.04. The first-order valence-electron chi connectivity index (χ1n) is 3.70. The van der Waals surface area contributed by atoms with Crippen LogP contribution >= 0.6 is 0 Å². The molecule has 0 spiro atoms. The Bertz CT molecular complexity index is 189. The van der Waals surface area contributed by atoms with Crippen LogP contribution in [-0.2, 0) is 9.59 Å². The van der Waals surface area contributed by atoms with Gasteiger partial charge in [-0.3, -0.25) is 0 Å². The summed E-state index contributed by atoms with van der Waals surface area (Å²) >= 11 is 1.04. The largest absolute Gasteiger partial charge is 1.00 e. The zero-order chi connectivity index (χ0) is 12.4. The summed E-state index contributed by atoms with van der Waals surface area (Å²) < 4.78 is 2.90. The van der Waals surface area contributed by atoms with Gasteiger partial charge in [0, 0.05) is 0 Å². The van der Waals surface area contributed by atoms with Crippen LogP contribution in [0.4, 0.5) is 0 Å². The van der Waals surface area contributed by atoms with Gasteiger partial charge in [-0.1, -0.05) is 0 Å². The zero-order valence-corrected chi connectivity index (χ0v) is 19.2. The number of carboxylic acids is 2. The zero-order valence-electron chi connectivity index (χ0n) is 9.62. The van der Waals surface area contributed by atoms with Gasteiger partial charge in [-0.25, -0.2) is 0 Å². The Morgan fingerprint density at radius 3 is 1.47 bits per heavy atom. The third-order valence-corrected chi connectivity index (χ3v) is 1.86. The van der Waals surface area contributed by atoms with Crippen molar-refractivity contribution in [1.82, 2.24) is 3.48 Å². The minimum atomic E-state index is -2.44. The van der Waals surface area contributed by atoms with Gasteiger partial charge in [0.05, 0.1) is 11.9 Å². The second-order valence-corrected chi connectivity index (χ2v) is 3.37. The number of aliphatic hydroxyl groups is 3. The van der Waals surface area contributed by atoms with Crippen molar-refractivity contribution in [2.24, 2.45) is 0 Å². The van der Waals surface area contributed by atoms with Crippen molar-refractivity contribution < 1.29 is 138 Å². The Morgan fingerprint density at radius 1 is 1.12 bits per heavy atom. The summed E-state index contributed by atoms with van der Waals surface area (Å²) in [7, 11) is 0. The van der Waals surface area contributed by atoms with Gasteiger partial charge >= 0.3 is 148 Å². The number of carboxylic acid groups (broad SMARTS) is 2. The van der Waals surface area contributed by atoms with Crippen LogP contribution < -0.4 is 116 Å². The Labute approximate surface area is 197 Å². The molecule has 0 aromatic rings. The average molecular weight is 410 g/mol. The van der Waals surface area contributed by atoms with Crippen molar-refractivity contribution >= 4 is 35.2 Å². The Morgan fingerprint density at radius 2 is 1.41 bits per heavy atom. The number of hydrogen-bond donors (Lipinski definition) is 4. The molecule has 0 aromatic carbocycles. The first-order chi connectivity index (χ1) is 6.88. The number of hydrogen-bond acceptors (Lipinski definition) is 8. The molecule has 0 rings (SSSR count). The molecule has 0 aliphatic rings. The fraction of sp³-hybridized carbons (Fsp3) is 0.667. The number of rotatable bonds is 5. The molecule has 0 aromatic heterocycles. The number of carbonyl (C=O) groups excluding carboxylic acids is 2. The minimum Gasteiger partial charge on any atom is 1.00 e. The van der Waals surface area contributed by atoms with Crippen LogP contribution in [0.5, 0.6) is 0 Å². The van der Waals surface area contributed by atoms with Crippen LogP contribution in [0.3, 0.4) is 0 Å². The molecule has 0 saturated heterocycles. The topological polar surface area (TPSA) is 153 Å². The normalized spacial score (nSPS) is 11.8. The molecule has 8 nitrogen and oxygen atoms in total. The van der Waals surface area contributed by atoms with Crippen LogP contribution in [0.25, 0.3) is 0 Å². The van der Waals surface area contributed by atoms with Crippen molar-refractivity contribution in [3.63, 3.8) is 0 Å². The molecule has 4 N–H and O–H groups in total. The molecule has 0 saturated carbocycles.